The summed E-state index contributed by atoms with van der Waals surface area (Å²) in [7, 11) is 1.28. The second kappa shape index (κ2) is 18.2. The van der Waals surface area contributed by atoms with Crippen LogP contribution in [0.5, 0.6) is 5.75 Å². The summed E-state index contributed by atoms with van der Waals surface area (Å²) in [4.78, 5) is 56.8. The maximum absolute atomic E-state index is 14.8. The number of nitrogens with zero attached hydrogens (tertiary/aromatic N) is 5. The number of piperazine rings is 1. The van der Waals surface area contributed by atoms with Crippen molar-refractivity contribution in [3.8, 4) is 17.0 Å². The van der Waals surface area contributed by atoms with Crippen molar-refractivity contribution in [1.29, 1.82) is 0 Å². The predicted octanol–water partition coefficient (Wildman–Crippen LogP) is 3.53. The number of halogens is 2. The van der Waals surface area contributed by atoms with E-state index in [4.69, 9.17) is 25.5 Å². The van der Waals surface area contributed by atoms with Gasteiger partial charge in [0, 0.05) is 55.4 Å². The molecule has 17 heteroatoms. The molecule has 2 amide bonds. The normalized spacial score (nSPS) is 15.9. The Bertz CT molecular complexity index is 1930. The van der Waals surface area contributed by atoms with Crippen LogP contribution in [0.2, 0.25) is 0 Å². The number of nitrogens with one attached hydrogen (secondary N) is 2. The third-order valence-corrected chi connectivity index (χ3v) is 8.93. The lowest BCUT2D eigenvalue weighted by Gasteiger charge is -2.36. The minimum Gasteiger partial charge on any atom is -0.494 e. The first-order valence-electron chi connectivity index (χ1n) is 16.9. The summed E-state index contributed by atoms with van der Waals surface area (Å²) >= 11 is 0. The van der Waals surface area contributed by atoms with Crippen LogP contribution in [0.4, 0.5) is 20.3 Å². The van der Waals surface area contributed by atoms with Gasteiger partial charge in [0.1, 0.15) is 6.04 Å². The Morgan fingerprint density at radius 1 is 1.08 bits per heavy atom. The van der Waals surface area contributed by atoms with Crippen molar-refractivity contribution in [2.24, 2.45) is 11.7 Å². The van der Waals surface area contributed by atoms with Gasteiger partial charge in [0.05, 0.1) is 25.0 Å². The van der Waals surface area contributed by atoms with Gasteiger partial charge in [0.15, 0.2) is 23.0 Å². The average Bonchev–Trinajstić information content (AvgIpc) is 3.84. The van der Waals surface area contributed by atoms with E-state index < -0.39 is 23.6 Å². The van der Waals surface area contributed by atoms with E-state index in [1.165, 1.54) is 31.6 Å². The van der Waals surface area contributed by atoms with Gasteiger partial charge >= 0.3 is 5.97 Å². The number of rotatable bonds is 8. The molecule has 2 aromatic carbocycles. The maximum atomic E-state index is 14.8. The first-order valence-corrected chi connectivity index (χ1v) is 16.9. The molecule has 6 rings (SSSR count). The van der Waals surface area contributed by atoms with E-state index in [2.05, 4.69) is 20.6 Å². The number of hydrogen-bond donors (Lipinski definition) is 5. The van der Waals surface area contributed by atoms with Gasteiger partial charge in [-0.25, -0.2) is 14.4 Å². The van der Waals surface area contributed by atoms with Gasteiger partial charge in [-0.05, 0) is 68.1 Å². The molecule has 53 heavy (non-hydrogen) atoms. The van der Waals surface area contributed by atoms with Crippen LogP contribution in [0.25, 0.3) is 16.9 Å². The predicted molar refractivity (Wildman–Crippen MR) is 192 cm³/mol. The van der Waals surface area contributed by atoms with Crippen molar-refractivity contribution in [2.45, 2.75) is 45.7 Å². The Hall–Kier alpha value is -5.68. The van der Waals surface area contributed by atoms with Crippen LogP contribution in [0.15, 0.2) is 48.9 Å². The molecular weight excluding hydrogens is 694 g/mol. The lowest BCUT2D eigenvalue weighted by atomic mass is 10.1. The third-order valence-electron chi connectivity index (χ3n) is 8.93. The molecule has 4 aromatic rings. The molecule has 6 N–H and O–H groups in total. The minimum absolute atomic E-state index is 0.0208. The standard InChI is InChI=1S/C30H31F2N7O3.C5H11NO2.CH2O2/c1-18-16-19(5-6-20(18)29(40)37-12-14-38(15-13-37)30(41)22-4-3-9-33-22)36-27-28-35-17-23(39(28)11-10-34-27)21-7-8-24(42-2)26(32)25(21)31;1-3(2)4(6)5(7)8;2-1-3/h5-8,10-11,16-17,22,33H,3-4,9,12-15H2,1-2H3,(H,34,36);3-4H,6H2,1-2H3,(H,7,8);1H,(H,2,3)/t22-;4-;/m00./s1. The lowest BCUT2D eigenvalue weighted by molar-refractivity contribution is -0.139. The second-order valence-corrected chi connectivity index (χ2v) is 12.7. The highest BCUT2D eigenvalue weighted by atomic mass is 19.2. The molecule has 2 fully saturated rings. The molecule has 0 bridgehead atoms. The zero-order valence-corrected chi connectivity index (χ0v) is 29.9. The molecular formula is C36H44F2N8O7. The number of carboxylic acid groups (broad SMARTS) is 2. The highest BCUT2D eigenvalue weighted by Gasteiger charge is 2.31. The van der Waals surface area contributed by atoms with Crippen LogP contribution < -0.4 is 21.1 Å². The quantitative estimate of drug-likeness (QED) is 0.165. The van der Waals surface area contributed by atoms with Gasteiger partial charge in [0.2, 0.25) is 11.7 Å². The van der Waals surface area contributed by atoms with Crippen molar-refractivity contribution in [1.82, 2.24) is 29.5 Å². The Balaban J connectivity index is 0.000000500. The highest BCUT2D eigenvalue weighted by Crippen LogP contribution is 2.32. The number of aryl methyl sites for hydroxylation is 1. The molecule has 0 saturated carbocycles. The first-order chi connectivity index (χ1) is 25.3. The van der Waals surface area contributed by atoms with E-state index in [0.29, 0.717) is 54.6 Å². The third kappa shape index (κ3) is 9.41. The number of aromatic nitrogens is 3. The summed E-state index contributed by atoms with van der Waals surface area (Å²) in [5.41, 5.74) is 8.03. The van der Waals surface area contributed by atoms with Gasteiger partial charge < -0.3 is 41.1 Å². The van der Waals surface area contributed by atoms with Gasteiger partial charge in [-0.3, -0.25) is 23.6 Å². The number of methoxy groups -OCH3 is 1. The number of hydrogen-bond acceptors (Lipinski definition) is 10. The molecule has 2 aliphatic rings. The zero-order valence-electron chi connectivity index (χ0n) is 29.9. The summed E-state index contributed by atoms with van der Waals surface area (Å²) in [6, 6.07) is 7.41. The average molecular weight is 739 g/mol. The number of nitrogens with two attached hydrogens (primary N) is 1. The van der Waals surface area contributed by atoms with E-state index in [-0.39, 0.29) is 41.6 Å². The maximum Gasteiger partial charge on any atom is 0.320 e. The van der Waals surface area contributed by atoms with Gasteiger partial charge in [0.25, 0.3) is 12.4 Å². The number of carbonyl (C=O) groups excluding carboxylic acids is 2. The monoisotopic (exact) mass is 738 g/mol. The summed E-state index contributed by atoms with van der Waals surface area (Å²) in [6.45, 7) is 8.07. The zero-order chi connectivity index (χ0) is 38.8. The van der Waals surface area contributed by atoms with E-state index in [9.17, 15) is 23.2 Å². The molecule has 0 aliphatic carbocycles. The van der Waals surface area contributed by atoms with Crippen molar-refractivity contribution in [3.05, 3.63) is 71.7 Å². The number of ether oxygens (including phenoxy) is 1. The van der Waals surface area contributed by atoms with Crippen LogP contribution in [0.1, 0.15) is 42.6 Å². The van der Waals surface area contributed by atoms with Gasteiger partial charge in [-0.15, -0.1) is 0 Å². The summed E-state index contributed by atoms with van der Waals surface area (Å²) in [6.07, 6.45) is 6.49. The van der Waals surface area contributed by atoms with Crippen molar-refractivity contribution < 1.29 is 42.9 Å². The number of carbonyl (C=O) groups is 4. The van der Waals surface area contributed by atoms with Crippen LogP contribution in [0, 0.1) is 24.5 Å². The summed E-state index contributed by atoms with van der Waals surface area (Å²) in [5.74, 6) is -2.73. The molecule has 2 saturated heterocycles. The number of anilines is 2. The van der Waals surface area contributed by atoms with E-state index in [0.717, 1.165) is 24.9 Å². The molecule has 2 atom stereocenters. The fourth-order valence-electron chi connectivity index (χ4n) is 5.91. The molecule has 15 nitrogen and oxygen atoms in total. The van der Waals surface area contributed by atoms with Crippen molar-refractivity contribution in [2.75, 3.05) is 45.2 Å². The van der Waals surface area contributed by atoms with Gasteiger partial charge in [-0.1, -0.05) is 13.8 Å². The summed E-state index contributed by atoms with van der Waals surface area (Å²) < 4.78 is 35.7. The Labute approximate surface area is 304 Å². The molecule has 4 heterocycles. The first kappa shape index (κ1) is 40.1. The molecule has 284 valence electrons. The lowest BCUT2D eigenvalue weighted by Crippen LogP contribution is -2.54. The Morgan fingerprint density at radius 2 is 1.75 bits per heavy atom. The van der Waals surface area contributed by atoms with E-state index >= 15 is 0 Å². The Kier molecular flexibility index (Phi) is 13.8. The fraction of sp³-hybridized carbons (Fsp3) is 0.389. The molecule has 0 spiro atoms. The van der Waals surface area contributed by atoms with Crippen molar-refractivity contribution >= 4 is 41.4 Å². The topological polar surface area (TPSA) is 205 Å². The number of imidazole rings is 1. The van der Waals surface area contributed by atoms with E-state index in [1.807, 2.05) is 17.9 Å². The summed E-state index contributed by atoms with van der Waals surface area (Å²) in [5, 5.41) is 21.6. The SMILES string of the molecule is CC(C)[C@H](N)C(=O)O.COc1ccc(-c2cnc3c(Nc4ccc(C(=O)N5CCN(C(=O)[C@@H]6CCCN6)CC5)c(C)c4)nccn23)c(F)c1F.O=CO. The highest BCUT2D eigenvalue weighted by molar-refractivity contribution is 5.96. The fourth-order valence-corrected chi connectivity index (χ4v) is 5.91. The number of aliphatic carboxylic acids is 1. The van der Waals surface area contributed by atoms with Crippen LogP contribution >= 0.6 is 0 Å². The largest absolute Gasteiger partial charge is 0.494 e. The van der Waals surface area contributed by atoms with Crippen molar-refractivity contribution in [3.63, 3.8) is 0 Å². The number of amides is 2. The van der Waals surface area contributed by atoms with Crippen LogP contribution in [-0.4, -0.2) is 111 Å². The molecule has 0 unspecified atom stereocenters. The second-order valence-electron chi connectivity index (χ2n) is 12.7. The van der Waals surface area contributed by atoms with Crippen LogP contribution in [0.3, 0.4) is 0 Å². The van der Waals surface area contributed by atoms with Crippen LogP contribution in [-0.2, 0) is 14.4 Å². The minimum atomic E-state index is -1.07. The molecule has 0 radical (unpaired) electrons. The Morgan fingerprint density at radius 3 is 2.32 bits per heavy atom. The number of fused-ring (bicyclic) bond motifs is 1. The smallest absolute Gasteiger partial charge is 0.320 e. The number of benzene rings is 2. The molecule has 2 aliphatic heterocycles. The van der Waals surface area contributed by atoms with E-state index in [1.54, 1.807) is 41.5 Å². The number of carboxylic acids is 1. The molecule has 2 aromatic heterocycles. The van der Waals surface area contributed by atoms with Gasteiger partial charge in [-0.2, -0.15) is 4.39 Å².